The van der Waals surface area contributed by atoms with Crippen LogP contribution in [0, 0.1) is 17.6 Å². The molecule has 0 spiro atoms. The van der Waals surface area contributed by atoms with Gasteiger partial charge in [0, 0.05) is 99.2 Å². The number of carboxylic acids is 2. The molecule has 34 nitrogen and oxygen atoms in total. The van der Waals surface area contributed by atoms with Crippen LogP contribution in [-0.4, -0.2) is 212 Å². The van der Waals surface area contributed by atoms with Crippen molar-refractivity contribution in [2.75, 3.05) is 31.1 Å². The van der Waals surface area contributed by atoms with Gasteiger partial charge >= 0.3 is 11.9 Å². The molecule has 4 aromatic rings. The zero-order valence-corrected chi connectivity index (χ0v) is 61.9. The van der Waals surface area contributed by atoms with Gasteiger partial charge in [0.05, 0.1) is 5.02 Å². The van der Waals surface area contributed by atoms with Crippen molar-refractivity contribution in [3.8, 4) is 5.75 Å². The van der Waals surface area contributed by atoms with Crippen LogP contribution in [0.2, 0.25) is 5.02 Å². The Hall–Kier alpha value is -10.3. The number of carbonyl (C=O) groups excluding carboxylic acids is 12. The standard InChI is InChI=1S/C70H92ClF2N17O17S2/c1-35(74)27-55(93)90-26-6-12-53(90)68(106)85-48(28-36-13-16-41(91)17-14-36)64(102)88-52-34-109-108-33-51(60(75)98)87-63(101)47(20-22-57(96)97)83-66(104)50(30-39-32-80-44-18-15-40(72)31-42(39)44)84-62(100)46(19-21-56(94)95)81-54(92)23-25-78-61(99)45(11-5-24-79-70(76)77)82-65(103)49(29-38-9-4-10-43(71)58(38)73)86-69(107)59(89-67(52)105)37-7-2-3-8-37/h4,9-10,13-18,31-32,35,37,45-53,59,80,91H,2-3,5-8,11-12,19-30,33-34,74H2,1H3,(H2,75,98)(H,78,99)(H,81,92)(H,82,103)(H,83,104)(H,84,100)(H,85,106)(H,86,107)(H,87,101)(H,88,102)(H,89,105)(H,94,95)(H,96,97)(H4,76,77,79)/t35-,45+,46+,47+,48+,49+,50+,51+,52+,53+,59+/m1/s1. The van der Waals surface area contributed by atoms with Gasteiger partial charge < -0.3 is 101 Å². The zero-order valence-electron chi connectivity index (χ0n) is 59.5. The van der Waals surface area contributed by atoms with Gasteiger partial charge in [-0.1, -0.05) is 70.3 Å². The number of nitrogens with zero attached hydrogens (tertiary/aromatic N) is 2. The normalized spacial score (nSPS) is 22.9. The molecule has 1 saturated carbocycles. The molecule has 39 heteroatoms. The van der Waals surface area contributed by atoms with Crippen molar-refractivity contribution in [1.29, 1.82) is 0 Å². The number of primary amides is 1. The molecule has 1 aliphatic carbocycles. The summed E-state index contributed by atoms with van der Waals surface area (Å²) in [5.41, 5.74) is 23.8. The van der Waals surface area contributed by atoms with E-state index >= 15 is 18.8 Å². The molecule has 11 atom stereocenters. The molecule has 0 radical (unpaired) electrons. The highest BCUT2D eigenvalue weighted by molar-refractivity contribution is 8.76. The van der Waals surface area contributed by atoms with Gasteiger partial charge in [0.15, 0.2) is 5.96 Å². The van der Waals surface area contributed by atoms with Gasteiger partial charge in [-0.15, -0.1) is 0 Å². The second-order valence-electron chi connectivity index (χ2n) is 26.8. The Balaban J connectivity index is 1.30. The lowest BCUT2D eigenvalue weighted by molar-refractivity contribution is -0.140. The predicted octanol–water partition coefficient (Wildman–Crippen LogP) is -0.716. The number of fused-ring (bicyclic) bond motifs is 1. The number of aliphatic imine (C=N–C) groups is 1. The van der Waals surface area contributed by atoms with Crippen LogP contribution < -0.4 is 76.1 Å². The van der Waals surface area contributed by atoms with Crippen molar-refractivity contribution in [3.63, 3.8) is 0 Å². The van der Waals surface area contributed by atoms with Crippen molar-refractivity contribution in [3.05, 3.63) is 100 Å². The number of carbonyl (C=O) groups is 14. The van der Waals surface area contributed by atoms with Crippen molar-refractivity contribution in [1.82, 2.24) is 63.1 Å². The number of phenolic OH excluding ortho intramolecular Hbond substituents is 1. The smallest absolute Gasteiger partial charge is 0.303 e. The number of benzene rings is 3. The number of hydrogen-bond acceptors (Lipinski definition) is 19. The average Bonchev–Trinajstić information content (AvgIpc) is 1.73. The third-order valence-electron chi connectivity index (χ3n) is 18.4. The van der Waals surface area contributed by atoms with Crippen LogP contribution in [-0.2, 0) is 86.4 Å². The van der Waals surface area contributed by atoms with Crippen LogP contribution in [0.5, 0.6) is 5.75 Å². The van der Waals surface area contributed by atoms with Crippen molar-refractivity contribution >= 4 is 133 Å². The van der Waals surface area contributed by atoms with E-state index < -0.39 is 230 Å². The summed E-state index contributed by atoms with van der Waals surface area (Å²) < 4.78 is 30.8. The maximum atomic E-state index is 16.0. The molecule has 7 rings (SSSR count). The fourth-order valence-electron chi connectivity index (χ4n) is 12.7. The molecule has 2 aliphatic heterocycles. The monoisotopic (exact) mass is 1580 g/mol. The van der Waals surface area contributed by atoms with Crippen LogP contribution in [0.4, 0.5) is 8.78 Å². The summed E-state index contributed by atoms with van der Waals surface area (Å²) in [4.78, 5) is 206. The van der Waals surface area contributed by atoms with E-state index in [1.807, 2.05) is 0 Å². The fourth-order valence-corrected chi connectivity index (χ4v) is 15.2. The van der Waals surface area contributed by atoms with Crippen molar-refractivity contribution in [2.45, 2.75) is 183 Å². The fraction of sp³-hybridized carbons (Fsp3) is 0.500. The Morgan fingerprint density at radius 3 is 1.94 bits per heavy atom. The molecule has 1 aromatic heterocycles. The van der Waals surface area contributed by atoms with Gasteiger partial charge in [-0.3, -0.25) is 72.1 Å². The molecule has 3 fully saturated rings. The number of halogens is 3. The van der Waals surface area contributed by atoms with E-state index in [0.29, 0.717) is 43.2 Å². The third kappa shape index (κ3) is 26.8. The van der Waals surface area contributed by atoms with Crippen LogP contribution in [0.25, 0.3) is 10.9 Å². The summed E-state index contributed by atoms with van der Waals surface area (Å²) in [6.45, 7) is 1.21. The van der Waals surface area contributed by atoms with Crippen LogP contribution >= 0.6 is 33.2 Å². The number of aromatic amines is 1. The first-order valence-electron chi connectivity index (χ1n) is 35.4. The predicted molar refractivity (Wildman–Crippen MR) is 397 cm³/mol. The van der Waals surface area contributed by atoms with Gasteiger partial charge in [-0.05, 0) is 117 Å². The highest BCUT2D eigenvalue weighted by atomic mass is 35.5. The molecule has 3 aromatic carbocycles. The maximum absolute atomic E-state index is 16.0. The average molecular weight is 1580 g/mol. The number of nitrogens with two attached hydrogens (primary N) is 4. The molecule has 22 N–H and O–H groups in total. The molecule has 592 valence electrons. The van der Waals surface area contributed by atoms with Gasteiger partial charge in [-0.2, -0.15) is 0 Å². The molecule has 3 heterocycles. The lowest BCUT2D eigenvalue weighted by Crippen LogP contribution is -2.61. The van der Waals surface area contributed by atoms with E-state index in [4.69, 9.17) is 34.5 Å². The largest absolute Gasteiger partial charge is 0.508 e. The van der Waals surface area contributed by atoms with E-state index in [2.05, 4.69) is 63.1 Å². The van der Waals surface area contributed by atoms with Crippen molar-refractivity contribution < 1.29 is 91.2 Å². The van der Waals surface area contributed by atoms with Gasteiger partial charge in [-0.25, -0.2) is 8.78 Å². The second kappa shape index (κ2) is 41.8. The number of rotatable bonds is 24. The molecule has 0 bridgehead atoms. The first-order valence-corrected chi connectivity index (χ1v) is 38.2. The highest BCUT2D eigenvalue weighted by Crippen LogP contribution is 2.30. The number of hydrogen-bond donors (Lipinski definition) is 18. The number of H-pyrrole nitrogens is 1. The summed E-state index contributed by atoms with van der Waals surface area (Å²) in [6, 6.07) is -3.59. The minimum absolute atomic E-state index is 0.0121. The highest BCUT2D eigenvalue weighted by Gasteiger charge is 2.41. The number of phenols is 1. The lowest BCUT2D eigenvalue weighted by atomic mass is 9.95. The SMILES string of the molecule is C[C@@H](N)CC(=O)N1CCC[C@H]1C(=O)N[C@@H](Cc1ccc(O)cc1)C(=O)N[C@H]1CSSC[C@@H](C(N)=O)NC(=O)[C@H](CCC(=O)O)NC(=O)[C@H](Cc2c[nH]c3ccc(F)cc23)NC(=O)[C@H](CCC(=O)O)NC(=O)CCNC(=O)[C@H](CCCN=C(N)N)NC(=O)[C@H](Cc2cccc(Cl)c2F)NC(=O)[C@H](C2CCCC2)NC1=O. The minimum Gasteiger partial charge on any atom is -0.508 e. The number of carboxylic acid groups (broad SMARTS) is 2. The van der Waals surface area contributed by atoms with E-state index in [1.165, 1.54) is 59.6 Å². The second-order valence-corrected chi connectivity index (χ2v) is 29.8. The van der Waals surface area contributed by atoms with Crippen molar-refractivity contribution in [2.24, 2.45) is 33.8 Å². The topological polar surface area (TPSA) is 555 Å². The van der Waals surface area contributed by atoms with E-state index in [1.54, 1.807) is 6.92 Å². The summed E-state index contributed by atoms with van der Waals surface area (Å²) in [5.74, 6) is -18.4. The Labute approximate surface area is 637 Å². The number of aromatic nitrogens is 1. The number of nitrogens with one attached hydrogen (secondary N) is 11. The molecule has 3 aliphatic rings. The minimum atomic E-state index is -1.84. The summed E-state index contributed by atoms with van der Waals surface area (Å²) >= 11 is 6.23. The Morgan fingerprint density at radius 2 is 1.30 bits per heavy atom. The number of likely N-dealkylation sites (tertiary alicyclic amines) is 1. The molecular weight excluding hydrogens is 1490 g/mol. The summed E-state index contributed by atoms with van der Waals surface area (Å²) in [5, 5.41) is 55.3. The number of amides is 12. The molecular formula is C70H92ClF2N17O17S2. The summed E-state index contributed by atoms with van der Waals surface area (Å²) in [7, 11) is 1.62. The van der Waals surface area contributed by atoms with Crippen LogP contribution in [0.1, 0.15) is 114 Å². The molecule has 2 saturated heterocycles. The first-order chi connectivity index (χ1) is 51.8. The van der Waals surface area contributed by atoms with Gasteiger partial charge in [0.1, 0.15) is 77.8 Å². The zero-order chi connectivity index (χ0) is 79.6. The number of aliphatic carboxylic acids is 2. The number of aromatic hydroxyl groups is 1. The summed E-state index contributed by atoms with van der Waals surface area (Å²) in [6.07, 6.45) is -1.33. The molecule has 109 heavy (non-hydrogen) atoms. The molecule has 12 amide bonds. The van der Waals surface area contributed by atoms with E-state index in [0.717, 1.165) is 33.7 Å². The van der Waals surface area contributed by atoms with Gasteiger partial charge in [0.25, 0.3) is 0 Å². The van der Waals surface area contributed by atoms with Crippen LogP contribution in [0.15, 0.2) is 71.9 Å². The Bertz CT molecular complexity index is 4000. The number of guanidine groups is 1. The van der Waals surface area contributed by atoms with E-state index in [-0.39, 0.29) is 78.4 Å². The van der Waals surface area contributed by atoms with Crippen LogP contribution in [0.3, 0.4) is 0 Å². The Kier molecular flexibility index (Phi) is 33.0. The third-order valence-corrected chi connectivity index (χ3v) is 21.1. The Morgan fingerprint density at radius 1 is 0.697 bits per heavy atom. The first kappa shape index (κ1) is 85.9. The van der Waals surface area contributed by atoms with Gasteiger partial charge in [0.2, 0.25) is 70.9 Å². The quantitative estimate of drug-likeness (QED) is 0.0178. The maximum Gasteiger partial charge on any atom is 0.303 e. The molecule has 0 unspecified atom stereocenters. The van der Waals surface area contributed by atoms with E-state index in [9.17, 15) is 72.4 Å². The lowest BCUT2D eigenvalue weighted by Gasteiger charge is -2.30.